The second-order valence-corrected chi connectivity index (χ2v) is 5.34. The number of hydrogen-bond donors (Lipinski definition) is 2. The number of carbonyl (C=O) groups is 1. The van der Waals surface area contributed by atoms with Crippen molar-refractivity contribution in [3.8, 4) is 0 Å². The van der Waals surface area contributed by atoms with E-state index in [0.29, 0.717) is 13.0 Å². The summed E-state index contributed by atoms with van der Waals surface area (Å²) in [6.45, 7) is 2.53. The number of hydrogen-bond acceptors (Lipinski definition) is 3. The van der Waals surface area contributed by atoms with Gasteiger partial charge in [-0.1, -0.05) is 0 Å². The van der Waals surface area contributed by atoms with E-state index in [2.05, 4.69) is 23.0 Å². The second-order valence-electron chi connectivity index (χ2n) is 5.03. The first-order valence-electron chi connectivity index (χ1n) is 5.91. The summed E-state index contributed by atoms with van der Waals surface area (Å²) < 4.78 is 1.77. The van der Waals surface area contributed by atoms with E-state index >= 15 is 0 Å². The van der Waals surface area contributed by atoms with Crippen molar-refractivity contribution >= 4 is 18.5 Å². The van der Waals surface area contributed by atoms with Gasteiger partial charge in [0.2, 0.25) is 5.91 Å². The molecule has 0 aromatic carbocycles. The van der Waals surface area contributed by atoms with E-state index in [1.54, 1.807) is 4.68 Å². The SMILES string of the molecule is Cc1nn(C)cc1CNC(=O)CC1(CS)CC1. The van der Waals surface area contributed by atoms with Crippen molar-refractivity contribution in [2.24, 2.45) is 12.5 Å². The van der Waals surface area contributed by atoms with E-state index in [1.165, 1.54) is 0 Å². The summed E-state index contributed by atoms with van der Waals surface area (Å²) in [6, 6.07) is 0. The standard InChI is InChI=1S/C12H19N3OS/c1-9-10(7-15(2)14-9)6-13-11(16)5-12(8-17)3-4-12/h7,17H,3-6,8H2,1-2H3,(H,13,16). The van der Waals surface area contributed by atoms with Gasteiger partial charge in [-0.15, -0.1) is 0 Å². The Bertz CT molecular complexity index is 423. The van der Waals surface area contributed by atoms with E-state index in [4.69, 9.17) is 0 Å². The highest BCUT2D eigenvalue weighted by molar-refractivity contribution is 7.80. The van der Waals surface area contributed by atoms with Crippen molar-refractivity contribution in [2.75, 3.05) is 5.75 Å². The molecule has 1 aliphatic carbocycles. The number of aromatic nitrogens is 2. The van der Waals surface area contributed by atoms with Crippen LogP contribution in [0.3, 0.4) is 0 Å². The van der Waals surface area contributed by atoms with Crippen LogP contribution in [0.4, 0.5) is 0 Å². The number of nitrogens with zero attached hydrogens (tertiary/aromatic N) is 2. The minimum atomic E-state index is 0.125. The van der Waals surface area contributed by atoms with Crippen LogP contribution in [0.2, 0.25) is 0 Å². The maximum Gasteiger partial charge on any atom is 0.220 e. The molecule has 17 heavy (non-hydrogen) atoms. The van der Waals surface area contributed by atoms with Gasteiger partial charge < -0.3 is 5.32 Å². The molecule has 2 rings (SSSR count). The third-order valence-electron chi connectivity index (χ3n) is 3.42. The molecule has 1 amide bonds. The van der Waals surface area contributed by atoms with Gasteiger partial charge in [-0.25, -0.2) is 0 Å². The Balaban J connectivity index is 1.82. The Labute approximate surface area is 107 Å². The van der Waals surface area contributed by atoms with Crippen LogP contribution < -0.4 is 5.32 Å². The predicted octanol–water partition coefficient (Wildman–Crippen LogP) is 1.44. The van der Waals surface area contributed by atoms with Gasteiger partial charge in [-0.05, 0) is 30.9 Å². The molecule has 1 saturated carbocycles. The first-order valence-corrected chi connectivity index (χ1v) is 6.55. The van der Waals surface area contributed by atoms with Crippen LogP contribution in [0, 0.1) is 12.3 Å². The average molecular weight is 253 g/mol. The van der Waals surface area contributed by atoms with Gasteiger partial charge in [0.15, 0.2) is 0 Å². The smallest absolute Gasteiger partial charge is 0.220 e. The van der Waals surface area contributed by atoms with Crippen LogP contribution >= 0.6 is 12.6 Å². The molecule has 0 saturated heterocycles. The molecular weight excluding hydrogens is 234 g/mol. The van der Waals surface area contributed by atoms with E-state index < -0.39 is 0 Å². The first kappa shape index (κ1) is 12.5. The molecular formula is C12H19N3OS. The number of rotatable bonds is 5. The highest BCUT2D eigenvalue weighted by Gasteiger charge is 2.42. The lowest BCUT2D eigenvalue weighted by atomic mass is 10.1. The molecule has 4 nitrogen and oxygen atoms in total. The molecule has 1 N–H and O–H groups in total. The monoisotopic (exact) mass is 253 g/mol. The van der Waals surface area contributed by atoms with E-state index in [9.17, 15) is 4.79 Å². The summed E-state index contributed by atoms with van der Waals surface area (Å²) in [7, 11) is 1.89. The molecule has 0 spiro atoms. The van der Waals surface area contributed by atoms with E-state index in [1.807, 2.05) is 20.2 Å². The maximum absolute atomic E-state index is 11.8. The number of amides is 1. The zero-order chi connectivity index (χ0) is 12.5. The van der Waals surface area contributed by atoms with Crippen molar-refractivity contribution in [1.29, 1.82) is 0 Å². The Morgan fingerprint density at radius 3 is 2.82 bits per heavy atom. The summed E-state index contributed by atoms with van der Waals surface area (Å²) in [4.78, 5) is 11.8. The molecule has 0 bridgehead atoms. The molecule has 0 radical (unpaired) electrons. The summed E-state index contributed by atoms with van der Waals surface area (Å²) in [6.07, 6.45) is 4.82. The van der Waals surface area contributed by atoms with Gasteiger partial charge in [-0.3, -0.25) is 9.48 Å². The largest absolute Gasteiger partial charge is 0.352 e. The van der Waals surface area contributed by atoms with Gasteiger partial charge in [-0.2, -0.15) is 17.7 Å². The van der Waals surface area contributed by atoms with Crippen molar-refractivity contribution in [2.45, 2.75) is 32.7 Å². The van der Waals surface area contributed by atoms with Crippen LogP contribution in [-0.4, -0.2) is 21.4 Å². The lowest BCUT2D eigenvalue weighted by Gasteiger charge is -2.11. The Morgan fingerprint density at radius 2 is 2.35 bits per heavy atom. The molecule has 94 valence electrons. The lowest BCUT2D eigenvalue weighted by molar-refractivity contribution is -0.122. The van der Waals surface area contributed by atoms with Gasteiger partial charge in [0.1, 0.15) is 0 Å². The summed E-state index contributed by atoms with van der Waals surface area (Å²) in [5.74, 6) is 0.937. The van der Waals surface area contributed by atoms with Gasteiger partial charge >= 0.3 is 0 Å². The Morgan fingerprint density at radius 1 is 1.65 bits per heavy atom. The van der Waals surface area contributed by atoms with Crippen LogP contribution in [0.5, 0.6) is 0 Å². The second kappa shape index (κ2) is 4.72. The zero-order valence-corrected chi connectivity index (χ0v) is 11.3. The lowest BCUT2D eigenvalue weighted by Crippen LogP contribution is -2.26. The molecule has 1 aromatic rings. The van der Waals surface area contributed by atoms with E-state index in [-0.39, 0.29) is 11.3 Å². The third kappa shape index (κ3) is 3.03. The molecule has 1 fully saturated rings. The topological polar surface area (TPSA) is 46.9 Å². The molecule has 5 heteroatoms. The van der Waals surface area contributed by atoms with Crippen LogP contribution in [0.15, 0.2) is 6.20 Å². The maximum atomic E-state index is 11.8. The molecule has 0 unspecified atom stereocenters. The number of thiol groups is 1. The fraction of sp³-hybridized carbons (Fsp3) is 0.667. The molecule has 1 heterocycles. The normalized spacial score (nSPS) is 16.9. The Kier molecular flexibility index (Phi) is 3.47. The third-order valence-corrected chi connectivity index (χ3v) is 4.09. The number of carbonyl (C=O) groups excluding carboxylic acids is 1. The average Bonchev–Trinajstić information content (AvgIpc) is 2.97. The zero-order valence-electron chi connectivity index (χ0n) is 10.4. The fourth-order valence-electron chi connectivity index (χ4n) is 1.99. The summed E-state index contributed by atoms with van der Waals surface area (Å²) >= 11 is 4.30. The molecule has 1 aromatic heterocycles. The van der Waals surface area contributed by atoms with Gasteiger partial charge in [0.05, 0.1) is 5.69 Å². The summed E-state index contributed by atoms with van der Waals surface area (Å²) in [5.41, 5.74) is 2.25. The van der Waals surface area contributed by atoms with Gasteiger partial charge in [0.25, 0.3) is 0 Å². The van der Waals surface area contributed by atoms with Crippen molar-refractivity contribution in [3.05, 3.63) is 17.5 Å². The van der Waals surface area contributed by atoms with Gasteiger partial charge in [0, 0.05) is 31.8 Å². The highest BCUT2D eigenvalue weighted by atomic mass is 32.1. The fourth-order valence-corrected chi connectivity index (χ4v) is 2.41. The Hall–Kier alpha value is -0.970. The van der Waals surface area contributed by atoms with Crippen molar-refractivity contribution in [1.82, 2.24) is 15.1 Å². The molecule has 1 aliphatic rings. The molecule has 0 aliphatic heterocycles. The van der Waals surface area contributed by atoms with Crippen molar-refractivity contribution < 1.29 is 4.79 Å². The predicted molar refractivity (Wildman–Crippen MR) is 69.9 cm³/mol. The number of aryl methyl sites for hydroxylation is 2. The van der Waals surface area contributed by atoms with Crippen LogP contribution in [0.1, 0.15) is 30.5 Å². The van der Waals surface area contributed by atoms with Crippen molar-refractivity contribution in [3.63, 3.8) is 0 Å². The van der Waals surface area contributed by atoms with E-state index in [0.717, 1.165) is 29.9 Å². The number of nitrogens with one attached hydrogen (secondary N) is 1. The quantitative estimate of drug-likeness (QED) is 0.780. The summed E-state index contributed by atoms with van der Waals surface area (Å²) in [5, 5.41) is 7.20. The van der Waals surface area contributed by atoms with Crippen LogP contribution in [-0.2, 0) is 18.4 Å². The van der Waals surface area contributed by atoms with Crippen LogP contribution in [0.25, 0.3) is 0 Å². The minimum Gasteiger partial charge on any atom is -0.352 e. The highest BCUT2D eigenvalue weighted by Crippen LogP contribution is 2.49. The molecule has 0 atom stereocenters. The minimum absolute atomic E-state index is 0.125. The first-order chi connectivity index (χ1) is 8.04.